The van der Waals surface area contributed by atoms with Crippen LogP contribution in [0.2, 0.25) is 0 Å². The molecule has 3 amide bonds. The lowest BCUT2D eigenvalue weighted by Gasteiger charge is -2.42. The standard InChI is InChI=1S/C22H27N5O2S/c1-14-12-24-20(30-14)25-13-22(9-3-10-22)15-5-7-16(8-6-15)27-18(19(23)28)17-4-2-11-26(17)21(27)29/h5-8,12,17-18H,2-4,9-11,13H2,1H3,(H2,23,28)(H,24,25)/t17-,18?/m1/s1. The minimum absolute atomic E-state index is 0.0935. The number of rotatable bonds is 6. The zero-order valence-electron chi connectivity index (χ0n) is 17.1. The molecule has 3 N–H and O–H groups in total. The number of hydrogen-bond acceptors (Lipinski definition) is 5. The Kier molecular flexibility index (Phi) is 4.69. The van der Waals surface area contributed by atoms with Gasteiger partial charge >= 0.3 is 6.03 Å². The van der Waals surface area contributed by atoms with E-state index >= 15 is 0 Å². The SMILES string of the molecule is Cc1cnc(NCC2(c3ccc(N4C(=O)N5CCC[C@@H]5C4C(N)=O)cc3)CCC2)s1. The highest BCUT2D eigenvalue weighted by molar-refractivity contribution is 7.15. The average Bonchev–Trinajstić information content (AvgIpc) is 3.39. The summed E-state index contributed by atoms with van der Waals surface area (Å²) in [5, 5.41) is 4.47. The summed E-state index contributed by atoms with van der Waals surface area (Å²) < 4.78 is 0. The lowest BCUT2D eigenvalue weighted by atomic mass is 9.64. The Morgan fingerprint density at radius 1 is 1.30 bits per heavy atom. The van der Waals surface area contributed by atoms with E-state index in [2.05, 4.69) is 29.4 Å². The van der Waals surface area contributed by atoms with Gasteiger partial charge < -0.3 is 16.0 Å². The molecule has 7 nitrogen and oxygen atoms in total. The van der Waals surface area contributed by atoms with E-state index in [0.717, 1.165) is 43.0 Å². The van der Waals surface area contributed by atoms with E-state index in [0.29, 0.717) is 6.54 Å². The number of carbonyl (C=O) groups is 2. The van der Waals surface area contributed by atoms with E-state index in [-0.39, 0.29) is 17.5 Å². The molecular formula is C22H27N5O2S. The molecule has 30 heavy (non-hydrogen) atoms. The van der Waals surface area contributed by atoms with E-state index in [4.69, 9.17) is 5.73 Å². The Morgan fingerprint density at radius 3 is 2.67 bits per heavy atom. The van der Waals surface area contributed by atoms with E-state index < -0.39 is 11.9 Å². The van der Waals surface area contributed by atoms with Crippen LogP contribution in [0.4, 0.5) is 15.6 Å². The molecule has 158 valence electrons. The highest BCUT2D eigenvalue weighted by Crippen LogP contribution is 2.45. The van der Waals surface area contributed by atoms with Crippen molar-refractivity contribution in [2.24, 2.45) is 5.73 Å². The van der Waals surface area contributed by atoms with Crippen molar-refractivity contribution in [2.75, 3.05) is 23.3 Å². The first-order chi connectivity index (χ1) is 14.5. The van der Waals surface area contributed by atoms with Gasteiger partial charge in [0.1, 0.15) is 6.04 Å². The van der Waals surface area contributed by atoms with Gasteiger partial charge in [-0.05, 0) is 50.3 Å². The summed E-state index contributed by atoms with van der Waals surface area (Å²) in [6, 6.07) is 7.37. The third-order valence-corrected chi connectivity index (χ3v) is 7.82. The monoisotopic (exact) mass is 425 g/mol. The Morgan fingerprint density at radius 2 is 2.07 bits per heavy atom. The van der Waals surface area contributed by atoms with Gasteiger partial charge in [0.05, 0.1) is 6.04 Å². The number of aromatic nitrogens is 1. The third kappa shape index (κ3) is 3.05. The number of hydrogen-bond donors (Lipinski definition) is 2. The van der Waals surface area contributed by atoms with Crippen molar-refractivity contribution in [2.45, 2.75) is 56.5 Å². The predicted molar refractivity (Wildman–Crippen MR) is 118 cm³/mol. The van der Waals surface area contributed by atoms with Crippen molar-refractivity contribution in [3.63, 3.8) is 0 Å². The van der Waals surface area contributed by atoms with Gasteiger partial charge in [0.2, 0.25) is 5.91 Å². The maximum Gasteiger partial charge on any atom is 0.325 e. The number of carbonyl (C=O) groups excluding carboxylic acids is 2. The molecule has 0 radical (unpaired) electrons. The van der Waals surface area contributed by atoms with Crippen LogP contribution < -0.4 is 16.0 Å². The molecule has 1 aromatic carbocycles. The number of benzene rings is 1. The van der Waals surface area contributed by atoms with Crippen molar-refractivity contribution in [3.8, 4) is 0 Å². The fourth-order valence-electron chi connectivity index (χ4n) is 5.20. The second kappa shape index (κ2) is 7.27. The van der Waals surface area contributed by atoms with Crippen LogP contribution in [0.3, 0.4) is 0 Å². The number of urea groups is 1. The smallest absolute Gasteiger partial charge is 0.325 e. The van der Waals surface area contributed by atoms with Gasteiger partial charge in [-0.25, -0.2) is 9.78 Å². The minimum Gasteiger partial charge on any atom is -0.368 e. The molecule has 2 aliphatic heterocycles. The molecule has 5 rings (SSSR count). The Labute approximate surface area is 180 Å². The summed E-state index contributed by atoms with van der Waals surface area (Å²) in [7, 11) is 0. The number of aryl methyl sites for hydroxylation is 1. The summed E-state index contributed by atoms with van der Waals surface area (Å²) in [6.45, 7) is 3.61. The van der Waals surface area contributed by atoms with E-state index in [9.17, 15) is 9.59 Å². The molecule has 3 aliphatic rings. The minimum atomic E-state index is -0.585. The lowest BCUT2D eigenvalue weighted by molar-refractivity contribution is -0.119. The van der Waals surface area contributed by atoms with Gasteiger partial charge in [-0.15, -0.1) is 11.3 Å². The molecule has 1 unspecified atom stereocenters. The molecule has 2 atom stereocenters. The molecule has 8 heteroatoms. The first-order valence-corrected chi connectivity index (χ1v) is 11.5. The highest BCUT2D eigenvalue weighted by Gasteiger charge is 2.51. The predicted octanol–water partition coefficient (Wildman–Crippen LogP) is 3.24. The number of primary amides is 1. The first kappa shape index (κ1) is 19.4. The maximum atomic E-state index is 12.9. The largest absolute Gasteiger partial charge is 0.368 e. The quantitative estimate of drug-likeness (QED) is 0.743. The molecule has 3 fully saturated rings. The normalized spacial score (nSPS) is 24.6. The van der Waals surface area contributed by atoms with Gasteiger partial charge in [-0.2, -0.15) is 0 Å². The molecule has 0 spiro atoms. The van der Waals surface area contributed by atoms with Crippen LogP contribution in [0.5, 0.6) is 0 Å². The topological polar surface area (TPSA) is 91.6 Å². The van der Waals surface area contributed by atoms with E-state index in [1.165, 1.54) is 16.9 Å². The van der Waals surface area contributed by atoms with Gasteiger partial charge in [0, 0.05) is 35.3 Å². The summed E-state index contributed by atoms with van der Waals surface area (Å²) in [4.78, 5) is 34.1. The number of nitrogens with two attached hydrogens (primary N) is 1. The molecule has 1 aliphatic carbocycles. The summed E-state index contributed by atoms with van der Waals surface area (Å²) >= 11 is 1.67. The van der Waals surface area contributed by atoms with Crippen LogP contribution in [0.15, 0.2) is 30.5 Å². The van der Waals surface area contributed by atoms with E-state index in [1.807, 2.05) is 18.3 Å². The number of nitrogens with one attached hydrogen (secondary N) is 1. The number of thiazole rings is 1. The molecular weight excluding hydrogens is 398 g/mol. The molecule has 1 aromatic heterocycles. The van der Waals surface area contributed by atoms with Gasteiger partial charge in [0.25, 0.3) is 0 Å². The Hall–Kier alpha value is -2.61. The van der Waals surface area contributed by atoms with Gasteiger partial charge in [-0.3, -0.25) is 9.69 Å². The van der Waals surface area contributed by atoms with Crippen LogP contribution in [-0.4, -0.2) is 47.0 Å². The fraction of sp³-hybridized carbons (Fsp3) is 0.500. The van der Waals surface area contributed by atoms with Crippen molar-refractivity contribution in [1.82, 2.24) is 9.88 Å². The number of fused-ring (bicyclic) bond motifs is 1. The fourth-order valence-corrected chi connectivity index (χ4v) is 5.86. The lowest BCUT2D eigenvalue weighted by Crippen LogP contribution is -2.46. The second-order valence-electron chi connectivity index (χ2n) is 8.71. The maximum absolute atomic E-state index is 12.9. The van der Waals surface area contributed by atoms with Crippen molar-refractivity contribution >= 4 is 34.1 Å². The number of nitrogens with zero attached hydrogens (tertiary/aromatic N) is 3. The molecule has 1 saturated carbocycles. The van der Waals surface area contributed by atoms with Crippen molar-refractivity contribution < 1.29 is 9.59 Å². The number of anilines is 2. The van der Waals surface area contributed by atoms with Gasteiger partial charge in [-0.1, -0.05) is 18.6 Å². The zero-order chi connectivity index (χ0) is 20.9. The van der Waals surface area contributed by atoms with Crippen LogP contribution in [0.1, 0.15) is 42.5 Å². The third-order valence-electron chi connectivity index (χ3n) is 6.95. The first-order valence-electron chi connectivity index (χ1n) is 10.6. The van der Waals surface area contributed by atoms with Crippen LogP contribution in [0.25, 0.3) is 0 Å². The van der Waals surface area contributed by atoms with E-state index in [1.54, 1.807) is 21.1 Å². The average molecular weight is 426 g/mol. The van der Waals surface area contributed by atoms with Crippen molar-refractivity contribution in [3.05, 3.63) is 40.9 Å². The van der Waals surface area contributed by atoms with Gasteiger partial charge in [0.15, 0.2) is 5.13 Å². The van der Waals surface area contributed by atoms with Crippen LogP contribution in [0, 0.1) is 6.92 Å². The summed E-state index contributed by atoms with van der Waals surface area (Å²) in [5.41, 5.74) is 7.81. The van der Waals surface area contributed by atoms with Crippen molar-refractivity contribution in [1.29, 1.82) is 0 Å². The molecule has 2 saturated heterocycles. The highest BCUT2D eigenvalue weighted by atomic mass is 32.1. The van der Waals surface area contributed by atoms with Crippen LogP contribution >= 0.6 is 11.3 Å². The molecule has 0 bridgehead atoms. The molecule has 2 aromatic rings. The summed E-state index contributed by atoms with van der Waals surface area (Å²) in [5.74, 6) is -0.430. The number of amides is 3. The summed E-state index contributed by atoms with van der Waals surface area (Å²) in [6.07, 6.45) is 7.13. The Balaban J connectivity index is 1.37. The second-order valence-corrected chi connectivity index (χ2v) is 9.95. The zero-order valence-corrected chi connectivity index (χ0v) is 18.0. The molecule has 3 heterocycles. The van der Waals surface area contributed by atoms with Crippen LogP contribution in [-0.2, 0) is 10.2 Å². The Bertz CT molecular complexity index is 968.